The van der Waals surface area contributed by atoms with Gasteiger partial charge in [0, 0.05) is 45.6 Å². The second kappa shape index (κ2) is 8.43. The maximum absolute atomic E-state index is 12.6. The van der Waals surface area contributed by atoms with Crippen molar-refractivity contribution in [2.24, 2.45) is 0 Å². The van der Waals surface area contributed by atoms with Crippen molar-refractivity contribution in [3.8, 4) is 11.5 Å². The van der Waals surface area contributed by atoms with E-state index in [2.05, 4.69) is 19.8 Å². The van der Waals surface area contributed by atoms with E-state index in [1.54, 1.807) is 17.3 Å². The van der Waals surface area contributed by atoms with Crippen molar-refractivity contribution < 1.29 is 14.3 Å². The number of fused-ring (bicyclic) bond motifs is 1. The highest BCUT2D eigenvalue weighted by Gasteiger charge is 2.26. The Balaban J connectivity index is 1.23. The summed E-state index contributed by atoms with van der Waals surface area (Å²) in [6.07, 6.45) is 3.35. The van der Waals surface area contributed by atoms with E-state index >= 15 is 0 Å². The first-order valence-corrected chi connectivity index (χ1v) is 9.56. The molecule has 0 bridgehead atoms. The molecule has 4 rings (SSSR count). The summed E-state index contributed by atoms with van der Waals surface area (Å²) in [6.45, 7) is 4.62. The lowest BCUT2D eigenvalue weighted by Crippen LogP contribution is -2.51. The van der Waals surface area contributed by atoms with Crippen molar-refractivity contribution in [3.05, 3.63) is 42.7 Å². The van der Waals surface area contributed by atoms with Gasteiger partial charge in [-0.1, -0.05) is 12.1 Å². The van der Waals surface area contributed by atoms with Crippen LogP contribution in [0.4, 0.5) is 5.95 Å². The number of amides is 1. The predicted octanol–water partition coefficient (Wildman–Crippen LogP) is 0.897. The van der Waals surface area contributed by atoms with Crippen molar-refractivity contribution >= 4 is 11.9 Å². The number of para-hydroxylation sites is 2. The zero-order valence-corrected chi connectivity index (χ0v) is 16.0. The first-order chi connectivity index (χ1) is 13.7. The number of carbonyl (C=O) groups is 1. The number of aromatic nitrogens is 2. The summed E-state index contributed by atoms with van der Waals surface area (Å²) in [4.78, 5) is 27.3. The largest absolute Gasteiger partial charge is 0.486 e. The van der Waals surface area contributed by atoms with Crippen molar-refractivity contribution in [3.63, 3.8) is 0 Å². The molecule has 2 aliphatic heterocycles. The molecule has 0 radical (unpaired) electrons. The average molecular weight is 383 g/mol. The molecule has 0 aliphatic carbocycles. The summed E-state index contributed by atoms with van der Waals surface area (Å²) in [5.41, 5.74) is 0. The van der Waals surface area contributed by atoms with Crippen LogP contribution in [0.2, 0.25) is 0 Å². The molecule has 3 heterocycles. The SMILES string of the molecule is CN(C[C@@H]1COc2ccccc2O1)C(=O)CN1CCN(c2ncccn2)CC1. The van der Waals surface area contributed by atoms with Gasteiger partial charge in [0.25, 0.3) is 0 Å². The van der Waals surface area contributed by atoms with E-state index in [-0.39, 0.29) is 12.0 Å². The van der Waals surface area contributed by atoms with Gasteiger partial charge in [-0.25, -0.2) is 9.97 Å². The Hall–Kier alpha value is -2.87. The smallest absolute Gasteiger partial charge is 0.236 e. The van der Waals surface area contributed by atoms with Gasteiger partial charge in [0.05, 0.1) is 13.1 Å². The Labute approximate surface area is 164 Å². The lowest BCUT2D eigenvalue weighted by molar-refractivity contribution is -0.132. The lowest BCUT2D eigenvalue weighted by atomic mass is 10.2. The number of piperazine rings is 1. The van der Waals surface area contributed by atoms with Crippen LogP contribution in [0.25, 0.3) is 0 Å². The number of anilines is 1. The van der Waals surface area contributed by atoms with E-state index < -0.39 is 0 Å². The van der Waals surface area contributed by atoms with E-state index in [1.165, 1.54) is 0 Å². The van der Waals surface area contributed by atoms with Crippen molar-refractivity contribution in [2.45, 2.75) is 6.10 Å². The van der Waals surface area contributed by atoms with E-state index in [1.807, 2.05) is 37.4 Å². The molecule has 2 aromatic rings. The number of hydrogen-bond donors (Lipinski definition) is 0. The summed E-state index contributed by atoms with van der Waals surface area (Å²) in [6, 6.07) is 9.43. The quantitative estimate of drug-likeness (QED) is 0.760. The minimum absolute atomic E-state index is 0.0897. The highest BCUT2D eigenvalue weighted by atomic mass is 16.6. The molecule has 0 unspecified atom stereocenters. The van der Waals surface area contributed by atoms with Gasteiger partial charge in [-0.3, -0.25) is 9.69 Å². The highest BCUT2D eigenvalue weighted by molar-refractivity contribution is 5.78. The third-order valence-corrected chi connectivity index (χ3v) is 5.04. The Morgan fingerprint density at radius 3 is 2.57 bits per heavy atom. The van der Waals surface area contributed by atoms with Gasteiger partial charge < -0.3 is 19.3 Å². The molecule has 1 atom stereocenters. The molecule has 1 fully saturated rings. The maximum Gasteiger partial charge on any atom is 0.236 e. The molecular weight excluding hydrogens is 358 g/mol. The number of nitrogens with zero attached hydrogens (tertiary/aromatic N) is 5. The Morgan fingerprint density at radius 2 is 1.82 bits per heavy atom. The van der Waals surface area contributed by atoms with Gasteiger partial charge in [0.15, 0.2) is 17.6 Å². The average Bonchev–Trinajstić information content (AvgIpc) is 2.75. The van der Waals surface area contributed by atoms with Gasteiger partial charge in [0.1, 0.15) is 6.61 Å². The molecule has 1 saturated heterocycles. The van der Waals surface area contributed by atoms with E-state index in [9.17, 15) is 4.79 Å². The highest BCUT2D eigenvalue weighted by Crippen LogP contribution is 2.30. The summed E-state index contributed by atoms with van der Waals surface area (Å²) in [5.74, 6) is 2.33. The molecule has 0 spiro atoms. The van der Waals surface area contributed by atoms with Crippen LogP contribution in [0, 0.1) is 0 Å². The van der Waals surface area contributed by atoms with Crippen molar-refractivity contribution in [1.82, 2.24) is 19.8 Å². The zero-order valence-electron chi connectivity index (χ0n) is 16.0. The van der Waals surface area contributed by atoms with Crippen molar-refractivity contribution in [2.75, 3.05) is 57.8 Å². The number of benzene rings is 1. The number of rotatable bonds is 5. The molecule has 28 heavy (non-hydrogen) atoms. The first-order valence-electron chi connectivity index (χ1n) is 9.56. The second-order valence-corrected chi connectivity index (χ2v) is 7.08. The van der Waals surface area contributed by atoms with Crippen LogP contribution in [-0.2, 0) is 4.79 Å². The maximum atomic E-state index is 12.6. The van der Waals surface area contributed by atoms with Crippen LogP contribution >= 0.6 is 0 Å². The fourth-order valence-electron chi connectivity index (χ4n) is 3.43. The molecule has 8 nitrogen and oxygen atoms in total. The Bertz CT molecular complexity index is 795. The molecule has 148 valence electrons. The third-order valence-electron chi connectivity index (χ3n) is 5.04. The fourth-order valence-corrected chi connectivity index (χ4v) is 3.43. The van der Waals surface area contributed by atoms with Crippen LogP contribution in [0.1, 0.15) is 0 Å². The molecular formula is C20H25N5O3. The first kappa shape index (κ1) is 18.5. The molecule has 1 aromatic carbocycles. The topological polar surface area (TPSA) is 71.0 Å². The molecule has 0 N–H and O–H groups in total. The van der Waals surface area contributed by atoms with Gasteiger partial charge in [-0.05, 0) is 18.2 Å². The molecule has 1 aromatic heterocycles. The standard InChI is InChI=1S/C20H25N5O3/c1-23(13-16-15-27-17-5-2-3-6-18(17)28-16)19(26)14-24-9-11-25(12-10-24)20-21-7-4-8-22-20/h2-8,16H,9-15H2,1H3/t16-/m1/s1. The summed E-state index contributed by atoms with van der Waals surface area (Å²) < 4.78 is 11.7. The van der Waals surface area contributed by atoms with Crippen LogP contribution < -0.4 is 14.4 Å². The zero-order chi connectivity index (χ0) is 19.3. The summed E-state index contributed by atoms with van der Waals surface area (Å²) >= 11 is 0. The normalized spacial score (nSPS) is 19.3. The van der Waals surface area contributed by atoms with Crippen LogP contribution in [0.15, 0.2) is 42.7 Å². The summed E-state index contributed by atoms with van der Waals surface area (Å²) in [5, 5.41) is 0. The molecule has 2 aliphatic rings. The number of carbonyl (C=O) groups excluding carboxylic acids is 1. The van der Waals surface area contributed by atoms with Crippen LogP contribution in [0.3, 0.4) is 0 Å². The van der Waals surface area contributed by atoms with Gasteiger partial charge in [-0.2, -0.15) is 0 Å². The molecule has 0 saturated carbocycles. The van der Waals surface area contributed by atoms with Crippen LogP contribution in [-0.4, -0.2) is 84.7 Å². The lowest BCUT2D eigenvalue weighted by Gasteiger charge is -2.35. The Morgan fingerprint density at radius 1 is 1.11 bits per heavy atom. The van der Waals surface area contributed by atoms with E-state index in [0.717, 1.165) is 43.6 Å². The Kier molecular flexibility index (Phi) is 5.57. The molecule has 1 amide bonds. The second-order valence-electron chi connectivity index (χ2n) is 7.08. The number of likely N-dealkylation sites (N-methyl/N-ethyl adjacent to an activating group) is 1. The minimum Gasteiger partial charge on any atom is -0.486 e. The summed E-state index contributed by atoms with van der Waals surface area (Å²) in [7, 11) is 1.82. The van der Waals surface area contributed by atoms with Gasteiger partial charge in [0.2, 0.25) is 11.9 Å². The minimum atomic E-state index is -0.157. The van der Waals surface area contributed by atoms with E-state index in [0.29, 0.717) is 19.7 Å². The van der Waals surface area contributed by atoms with Crippen molar-refractivity contribution in [1.29, 1.82) is 0 Å². The van der Waals surface area contributed by atoms with Gasteiger partial charge in [-0.15, -0.1) is 0 Å². The number of ether oxygens (including phenoxy) is 2. The number of hydrogen-bond acceptors (Lipinski definition) is 7. The van der Waals surface area contributed by atoms with Gasteiger partial charge >= 0.3 is 0 Å². The predicted molar refractivity (Wildman–Crippen MR) is 105 cm³/mol. The monoisotopic (exact) mass is 383 g/mol. The fraction of sp³-hybridized carbons (Fsp3) is 0.450. The molecule has 8 heteroatoms. The van der Waals surface area contributed by atoms with Crippen LogP contribution in [0.5, 0.6) is 11.5 Å². The third kappa shape index (κ3) is 4.33. The van der Waals surface area contributed by atoms with E-state index in [4.69, 9.17) is 9.47 Å².